The van der Waals surface area contributed by atoms with Gasteiger partial charge >= 0.3 is 0 Å². The van der Waals surface area contributed by atoms with E-state index >= 15 is 0 Å². The van der Waals surface area contributed by atoms with Crippen molar-refractivity contribution in [3.8, 4) is 0 Å². The van der Waals surface area contributed by atoms with Gasteiger partial charge in [-0.1, -0.05) is 0 Å². The maximum absolute atomic E-state index is 12.1. The molecule has 4 nitrogen and oxygen atoms in total. The van der Waals surface area contributed by atoms with E-state index in [2.05, 4.69) is 4.98 Å². The Morgan fingerprint density at radius 1 is 1.40 bits per heavy atom. The van der Waals surface area contributed by atoms with Gasteiger partial charge in [0.25, 0.3) is 0 Å². The van der Waals surface area contributed by atoms with Crippen LogP contribution >= 0.6 is 11.6 Å². The highest BCUT2D eigenvalue weighted by Gasteiger charge is 2.20. The third-order valence-corrected chi connectivity index (χ3v) is 3.76. The molecule has 2 aromatic rings. The minimum atomic E-state index is -0.518. The summed E-state index contributed by atoms with van der Waals surface area (Å²) in [5.74, 6) is 1.43. The van der Waals surface area contributed by atoms with Crippen LogP contribution in [0.25, 0.3) is 0 Å². The number of hydrogen-bond acceptors (Lipinski definition) is 3. The van der Waals surface area contributed by atoms with Gasteiger partial charge in [0.1, 0.15) is 5.76 Å². The average molecular weight is 295 g/mol. The first-order valence-electron chi connectivity index (χ1n) is 6.59. The zero-order valence-electron chi connectivity index (χ0n) is 12.5. The molecule has 0 bridgehead atoms. The lowest BCUT2D eigenvalue weighted by molar-refractivity contribution is 0.0991. The summed E-state index contributed by atoms with van der Waals surface area (Å²) < 4.78 is 7.63. The quantitative estimate of drug-likeness (QED) is 0.640. The van der Waals surface area contributed by atoms with Crippen LogP contribution in [0.4, 0.5) is 0 Å². The molecular weight excluding hydrogens is 276 g/mol. The van der Waals surface area contributed by atoms with Crippen molar-refractivity contribution < 1.29 is 9.21 Å². The van der Waals surface area contributed by atoms with Crippen LogP contribution in [0.5, 0.6) is 0 Å². The first-order chi connectivity index (χ1) is 9.31. The number of carbonyl (C=O) groups excluding carboxylic acids is 1. The molecule has 0 aromatic carbocycles. The maximum Gasteiger partial charge on any atom is 0.214 e. The average Bonchev–Trinajstić information content (AvgIpc) is 2.83. The number of aryl methyl sites for hydroxylation is 3. The lowest BCUT2D eigenvalue weighted by Gasteiger charge is -2.07. The standard InChI is InChI=1S/C15H19ClN2O2/c1-8-6-13(15(19)9(2)16)11(4)18(8)7-14-17-10(3)12(5)20-14/h6,9H,7H2,1-5H3. The van der Waals surface area contributed by atoms with Crippen LogP contribution in [-0.4, -0.2) is 20.7 Å². The maximum atomic E-state index is 12.1. The molecule has 2 rings (SSSR count). The van der Waals surface area contributed by atoms with Gasteiger partial charge in [-0.2, -0.15) is 0 Å². The lowest BCUT2D eigenvalue weighted by Crippen LogP contribution is -2.12. The molecule has 0 aliphatic heterocycles. The Morgan fingerprint density at radius 2 is 2.05 bits per heavy atom. The molecule has 2 aromatic heterocycles. The fraction of sp³-hybridized carbons (Fsp3) is 0.467. The fourth-order valence-electron chi connectivity index (χ4n) is 2.25. The van der Waals surface area contributed by atoms with E-state index in [0.29, 0.717) is 18.0 Å². The number of oxazole rings is 1. The third kappa shape index (κ3) is 2.66. The molecule has 20 heavy (non-hydrogen) atoms. The van der Waals surface area contributed by atoms with Crippen LogP contribution in [0, 0.1) is 27.7 Å². The SMILES string of the molecule is Cc1nc(Cn2c(C)cc(C(=O)C(C)Cl)c2C)oc1C. The minimum Gasteiger partial charge on any atom is -0.444 e. The Balaban J connectivity index is 2.35. The summed E-state index contributed by atoms with van der Waals surface area (Å²) in [6.07, 6.45) is 0. The van der Waals surface area contributed by atoms with Gasteiger partial charge in [0.2, 0.25) is 5.89 Å². The summed E-state index contributed by atoms with van der Waals surface area (Å²) in [7, 11) is 0. The van der Waals surface area contributed by atoms with Gasteiger partial charge in [0.05, 0.1) is 17.6 Å². The molecule has 1 unspecified atom stereocenters. The molecule has 0 fully saturated rings. The summed E-state index contributed by atoms with van der Waals surface area (Å²) in [5, 5.41) is -0.518. The number of rotatable bonds is 4. The van der Waals surface area contributed by atoms with E-state index in [0.717, 1.165) is 22.8 Å². The highest BCUT2D eigenvalue weighted by molar-refractivity contribution is 6.33. The molecule has 0 spiro atoms. The lowest BCUT2D eigenvalue weighted by atomic mass is 10.1. The summed E-state index contributed by atoms with van der Waals surface area (Å²) in [6.45, 7) is 9.91. The summed E-state index contributed by atoms with van der Waals surface area (Å²) in [5.41, 5.74) is 3.46. The number of carbonyl (C=O) groups is 1. The number of halogens is 1. The summed E-state index contributed by atoms with van der Waals surface area (Å²) in [4.78, 5) is 16.4. The molecule has 0 aliphatic rings. The molecule has 0 amide bonds. The molecule has 108 valence electrons. The van der Waals surface area contributed by atoms with Crippen molar-refractivity contribution in [3.63, 3.8) is 0 Å². The largest absolute Gasteiger partial charge is 0.444 e. The molecule has 0 radical (unpaired) electrons. The van der Waals surface area contributed by atoms with E-state index in [9.17, 15) is 4.79 Å². The number of hydrogen-bond donors (Lipinski definition) is 0. The highest BCUT2D eigenvalue weighted by Crippen LogP contribution is 2.20. The predicted octanol–water partition coefficient (Wildman–Crippen LogP) is 3.57. The van der Waals surface area contributed by atoms with E-state index in [-0.39, 0.29) is 5.78 Å². The second-order valence-corrected chi connectivity index (χ2v) is 5.76. The van der Waals surface area contributed by atoms with Crippen molar-refractivity contribution in [1.29, 1.82) is 0 Å². The van der Waals surface area contributed by atoms with Crippen molar-refractivity contribution >= 4 is 17.4 Å². The van der Waals surface area contributed by atoms with E-state index in [4.69, 9.17) is 16.0 Å². The van der Waals surface area contributed by atoms with Gasteiger partial charge in [-0.05, 0) is 40.7 Å². The van der Waals surface area contributed by atoms with Gasteiger partial charge in [0, 0.05) is 17.0 Å². The number of nitrogens with zero attached hydrogens (tertiary/aromatic N) is 2. The Bertz CT molecular complexity index is 634. The molecule has 0 aliphatic carbocycles. The number of Topliss-reactive ketones (excluding diaryl/α,β-unsaturated/α-hetero) is 1. The normalized spacial score (nSPS) is 12.7. The number of ketones is 1. The molecule has 1 atom stereocenters. The molecule has 5 heteroatoms. The van der Waals surface area contributed by atoms with Crippen LogP contribution in [0.1, 0.15) is 46.0 Å². The fourth-order valence-corrected chi connectivity index (χ4v) is 2.37. The Hall–Kier alpha value is -1.55. The second kappa shape index (κ2) is 5.44. The molecule has 0 saturated carbocycles. The second-order valence-electron chi connectivity index (χ2n) is 5.10. The van der Waals surface area contributed by atoms with Crippen molar-refractivity contribution in [2.24, 2.45) is 0 Å². The molecular formula is C15H19ClN2O2. The molecule has 2 heterocycles. The van der Waals surface area contributed by atoms with Crippen molar-refractivity contribution in [2.75, 3.05) is 0 Å². The monoisotopic (exact) mass is 294 g/mol. The van der Waals surface area contributed by atoms with E-state index in [1.807, 2.05) is 38.3 Å². The van der Waals surface area contributed by atoms with Gasteiger partial charge in [0.15, 0.2) is 5.78 Å². The zero-order valence-corrected chi connectivity index (χ0v) is 13.2. The number of aromatic nitrogens is 2. The molecule has 0 N–H and O–H groups in total. The smallest absolute Gasteiger partial charge is 0.214 e. The zero-order chi connectivity index (χ0) is 15.0. The predicted molar refractivity (Wildman–Crippen MR) is 78.6 cm³/mol. The summed E-state index contributed by atoms with van der Waals surface area (Å²) >= 11 is 5.89. The first kappa shape index (κ1) is 14.9. The van der Waals surface area contributed by atoms with Gasteiger partial charge < -0.3 is 8.98 Å². The Kier molecular flexibility index (Phi) is 4.04. The van der Waals surface area contributed by atoms with Gasteiger partial charge in [-0.3, -0.25) is 4.79 Å². The van der Waals surface area contributed by atoms with Crippen LogP contribution in [-0.2, 0) is 6.54 Å². The number of alkyl halides is 1. The first-order valence-corrected chi connectivity index (χ1v) is 7.02. The van der Waals surface area contributed by atoms with Crippen LogP contribution < -0.4 is 0 Å². The third-order valence-electron chi connectivity index (χ3n) is 3.57. The van der Waals surface area contributed by atoms with Gasteiger partial charge in [-0.15, -0.1) is 11.6 Å². The van der Waals surface area contributed by atoms with E-state index in [1.54, 1.807) is 6.92 Å². The topological polar surface area (TPSA) is 48.0 Å². The van der Waals surface area contributed by atoms with Crippen molar-refractivity contribution in [2.45, 2.75) is 46.5 Å². The Morgan fingerprint density at radius 3 is 2.55 bits per heavy atom. The Labute approximate surface area is 123 Å². The minimum absolute atomic E-state index is 0.0502. The highest BCUT2D eigenvalue weighted by atomic mass is 35.5. The van der Waals surface area contributed by atoms with Crippen molar-refractivity contribution in [3.05, 3.63) is 40.4 Å². The van der Waals surface area contributed by atoms with Crippen molar-refractivity contribution in [1.82, 2.24) is 9.55 Å². The van der Waals surface area contributed by atoms with Crippen LogP contribution in [0.15, 0.2) is 10.5 Å². The van der Waals surface area contributed by atoms with E-state index in [1.165, 1.54) is 0 Å². The van der Waals surface area contributed by atoms with Crippen LogP contribution in [0.3, 0.4) is 0 Å². The van der Waals surface area contributed by atoms with Gasteiger partial charge in [-0.25, -0.2) is 4.98 Å². The van der Waals surface area contributed by atoms with E-state index < -0.39 is 5.38 Å². The molecule has 0 saturated heterocycles. The van der Waals surface area contributed by atoms with Crippen LogP contribution in [0.2, 0.25) is 0 Å². The summed E-state index contributed by atoms with van der Waals surface area (Å²) in [6, 6.07) is 1.87.